The standard InChI is InChI=1S/C14H26N4O/c1-6-15-13-8-11(3)16-14(17-13)9-18(7-2)12(4)10-19-5/h8,12H,6-7,9-10H2,1-5H3,(H,15,16,17). The molecule has 1 atom stereocenters. The van der Waals surface area contributed by atoms with E-state index in [2.05, 4.69) is 41.0 Å². The third kappa shape index (κ3) is 5.12. The zero-order valence-electron chi connectivity index (χ0n) is 12.7. The second-order valence-corrected chi connectivity index (χ2v) is 4.71. The van der Waals surface area contributed by atoms with Gasteiger partial charge in [0.2, 0.25) is 0 Å². The van der Waals surface area contributed by atoms with E-state index in [1.54, 1.807) is 7.11 Å². The van der Waals surface area contributed by atoms with Crippen LogP contribution in [0.2, 0.25) is 0 Å². The van der Waals surface area contributed by atoms with Gasteiger partial charge < -0.3 is 10.1 Å². The Labute approximate surface area is 116 Å². The van der Waals surface area contributed by atoms with Crippen LogP contribution in [0.1, 0.15) is 32.3 Å². The Kier molecular flexibility index (Phi) is 6.73. The minimum absolute atomic E-state index is 0.363. The third-order valence-corrected chi connectivity index (χ3v) is 3.04. The number of aryl methyl sites for hydroxylation is 1. The van der Waals surface area contributed by atoms with Crippen molar-refractivity contribution in [2.75, 3.05) is 32.1 Å². The molecule has 0 spiro atoms. The van der Waals surface area contributed by atoms with Crippen LogP contribution in [0.5, 0.6) is 0 Å². The van der Waals surface area contributed by atoms with Crippen LogP contribution in [-0.4, -0.2) is 47.7 Å². The fourth-order valence-electron chi connectivity index (χ4n) is 2.08. The molecule has 0 bridgehead atoms. The molecular formula is C14H26N4O. The van der Waals surface area contributed by atoms with E-state index in [0.29, 0.717) is 6.04 Å². The van der Waals surface area contributed by atoms with E-state index in [9.17, 15) is 0 Å². The highest BCUT2D eigenvalue weighted by Gasteiger charge is 2.14. The molecule has 5 nitrogen and oxygen atoms in total. The van der Waals surface area contributed by atoms with Gasteiger partial charge in [-0.25, -0.2) is 9.97 Å². The predicted octanol–water partition coefficient (Wildman–Crippen LogP) is 2.07. The van der Waals surface area contributed by atoms with Crippen molar-refractivity contribution >= 4 is 5.82 Å². The Hall–Kier alpha value is -1.20. The van der Waals surface area contributed by atoms with Gasteiger partial charge in [-0.05, 0) is 27.3 Å². The van der Waals surface area contributed by atoms with E-state index < -0.39 is 0 Å². The first kappa shape index (κ1) is 15.9. The number of hydrogen-bond acceptors (Lipinski definition) is 5. The van der Waals surface area contributed by atoms with Crippen LogP contribution in [0.15, 0.2) is 6.07 Å². The molecule has 0 aliphatic rings. The number of hydrogen-bond donors (Lipinski definition) is 1. The summed E-state index contributed by atoms with van der Waals surface area (Å²) in [5.74, 6) is 1.77. The second kappa shape index (κ2) is 8.07. The van der Waals surface area contributed by atoms with Gasteiger partial charge >= 0.3 is 0 Å². The smallest absolute Gasteiger partial charge is 0.144 e. The van der Waals surface area contributed by atoms with E-state index in [4.69, 9.17) is 4.74 Å². The zero-order chi connectivity index (χ0) is 14.3. The highest BCUT2D eigenvalue weighted by Crippen LogP contribution is 2.10. The summed E-state index contributed by atoms with van der Waals surface area (Å²) in [5.41, 5.74) is 0.997. The molecule has 0 radical (unpaired) electrons. The van der Waals surface area contributed by atoms with Gasteiger partial charge in [0.15, 0.2) is 0 Å². The normalized spacial score (nSPS) is 12.7. The highest BCUT2D eigenvalue weighted by molar-refractivity contribution is 5.35. The largest absolute Gasteiger partial charge is 0.383 e. The van der Waals surface area contributed by atoms with Crippen LogP contribution in [0.25, 0.3) is 0 Å². The quantitative estimate of drug-likeness (QED) is 0.780. The van der Waals surface area contributed by atoms with Crippen molar-refractivity contribution < 1.29 is 4.74 Å². The molecule has 108 valence electrons. The predicted molar refractivity (Wildman–Crippen MR) is 78.4 cm³/mol. The van der Waals surface area contributed by atoms with E-state index in [1.807, 2.05) is 13.0 Å². The Balaban J connectivity index is 2.78. The summed E-state index contributed by atoms with van der Waals surface area (Å²) in [7, 11) is 1.73. The Morgan fingerprint density at radius 3 is 2.68 bits per heavy atom. The molecule has 1 aromatic rings. The van der Waals surface area contributed by atoms with Crippen LogP contribution in [0, 0.1) is 6.92 Å². The fourth-order valence-corrected chi connectivity index (χ4v) is 2.08. The maximum Gasteiger partial charge on any atom is 0.144 e. The first-order valence-corrected chi connectivity index (χ1v) is 6.92. The molecule has 0 aliphatic carbocycles. The number of anilines is 1. The highest BCUT2D eigenvalue weighted by atomic mass is 16.5. The lowest BCUT2D eigenvalue weighted by molar-refractivity contribution is 0.0965. The molecule has 1 unspecified atom stereocenters. The van der Waals surface area contributed by atoms with Crippen LogP contribution < -0.4 is 5.32 Å². The molecule has 0 saturated heterocycles. The van der Waals surface area contributed by atoms with Gasteiger partial charge in [0.25, 0.3) is 0 Å². The number of ether oxygens (including phenoxy) is 1. The average molecular weight is 266 g/mol. The van der Waals surface area contributed by atoms with E-state index in [1.165, 1.54) is 0 Å². The van der Waals surface area contributed by atoms with Crippen LogP contribution in [0.3, 0.4) is 0 Å². The molecule has 1 rings (SSSR count). The van der Waals surface area contributed by atoms with Crippen molar-refractivity contribution in [1.29, 1.82) is 0 Å². The number of nitrogens with one attached hydrogen (secondary N) is 1. The number of nitrogens with zero attached hydrogens (tertiary/aromatic N) is 3. The molecule has 0 saturated carbocycles. The number of aromatic nitrogens is 2. The summed E-state index contributed by atoms with van der Waals surface area (Å²) in [6.45, 7) is 11.7. The average Bonchev–Trinajstić information content (AvgIpc) is 2.36. The topological polar surface area (TPSA) is 50.3 Å². The van der Waals surface area contributed by atoms with E-state index in [-0.39, 0.29) is 0 Å². The molecule has 5 heteroatoms. The van der Waals surface area contributed by atoms with Crippen molar-refractivity contribution in [3.63, 3.8) is 0 Å². The summed E-state index contributed by atoms with van der Waals surface area (Å²) < 4.78 is 5.22. The lowest BCUT2D eigenvalue weighted by atomic mass is 10.3. The minimum Gasteiger partial charge on any atom is -0.383 e. The molecule has 0 fully saturated rings. The van der Waals surface area contributed by atoms with E-state index in [0.717, 1.165) is 43.6 Å². The number of likely N-dealkylation sites (N-methyl/N-ethyl adjacent to an activating group) is 1. The first-order chi connectivity index (χ1) is 9.10. The molecule has 1 N–H and O–H groups in total. The summed E-state index contributed by atoms with van der Waals surface area (Å²) in [6, 6.07) is 2.34. The van der Waals surface area contributed by atoms with Crippen molar-refractivity contribution in [3.05, 3.63) is 17.6 Å². The lowest BCUT2D eigenvalue weighted by Gasteiger charge is -2.26. The Bertz CT molecular complexity index is 384. The number of methoxy groups -OCH3 is 1. The third-order valence-electron chi connectivity index (χ3n) is 3.04. The molecule has 19 heavy (non-hydrogen) atoms. The van der Waals surface area contributed by atoms with Gasteiger partial charge in [0, 0.05) is 31.5 Å². The van der Waals surface area contributed by atoms with Crippen LogP contribution >= 0.6 is 0 Å². The monoisotopic (exact) mass is 266 g/mol. The summed E-state index contributed by atoms with van der Waals surface area (Å²) >= 11 is 0. The van der Waals surface area contributed by atoms with Crippen molar-refractivity contribution in [2.24, 2.45) is 0 Å². The lowest BCUT2D eigenvalue weighted by Crippen LogP contribution is -2.36. The second-order valence-electron chi connectivity index (χ2n) is 4.71. The van der Waals surface area contributed by atoms with Gasteiger partial charge in [-0.2, -0.15) is 0 Å². The minimum atomic E-state index is 0.363. The molecular weight excluding hydrogens is 240 g/mol. The first-order valence-electron chi connectivity index (χ1n) is 6.92. The summed E-state index contributed by atoms with van der Waals surface area (Å²) in [6.07, 6.45) is 0. The Morgan fingerprint density at radius 2 is 2.11 bits per heavy atom. The maximum absolute atomic E-state index is 5.22. The zero-order valence-corrected chi connectivity index (χ0v) is 12.7. The van der Waals surface area contributed by atoms with Gasteiger partial charge in [0.1, 0.15) is 11.6 Å². The van der Waals surface area contributed by atoms with Crippen molar-refractivity contribution in [3.8, 4) is 0 Å². The van der Waals surface area contributed by atoms with Crippen molar-refractivity contribution in [1.82, 2.24) is 14.9 Å². The van der Waals surface area contributed by atoms with Crippen molar-refractivity contribution in [2.45, 2.75) is 40.3 Å². The van der Waals surface area contributed by atoms with Gasteiger partial charge in [-0.1, -0.05) is 6.92 Å². The van der Waals surface area contributed by atoms with Gasteiger partial charge in [-0.3, -0.25) is 4.90 Å². The van der Waals surface area contributed by atoms with Gasteiger partial charge in [0.05, 0.1) is 13.2 Å². The van der Waals surface area contributed by atoms with Crippen LogP contribution in [-0.2, 0) is 11.3 Å². The molecule has 0 amide bonds. The van der Waals surface area contributed by atoms with E-state index >= 15 is 0 Å². The van der Waals surface area contributed by atoms with Crippen LogP contribution in [0.4, 0.5) is 5.82 Å². The maximum atomic E-state index is 5.22. The molecule has 0 aromatic carbocycles. The molecule has 1 aromatic heterocycles. The fraction of sp³-hybridized carbons (Fsp3) is 0.714. The number of rotatable bonds is 8. The molecule has 0 aliphatic heterocycles. The Morgan fingerprint density at radius 1 is 1.37 bits per heavy atom. The summed E-state index contributed by atoms with van der Waals surface area (Å²) in [5, 5.41) is 3.24. The van der Waals surface area contributed by atoms with Gasteiger partial charge in [-0.15, -0.1) is 0 Å². The molecule has 1 heterocycles. The summed E-state index contributed by atoms with van der Waals surface area (Å²) in [4.78, 5) is 11.4. The SMILES string of the molecule is CCNc1cc(C)nc(CN(CC)C(C)COC)n1.